The van der Waals surface area contributed by atoms with E-state index in [0.29, 0.717) is 0 Å². The van der Waals surface area contributed by atoms with E-state index in [1.807, 2.05) is 18.2 Å². The number of rotatable bonds is 5. The van der Waals surface area contributed by atoms with Crippen LogP contribution >= 0.6 is 23.2 Å². The van der Waals surface area contributed by atoms with Crippen molar-refractivity contribution in [1.82, 2.24) is 10.2 Å². The minimum Gasteiger partial charge on any atom is -0.314 e. The van der Waals surface area contributed by atoms with Gasteiger partial charge in [-0.25, -0.2) is 0 Å². The fourth-order valence-corrected chi connectivity index (χ4v) is 2.93. The first-order valence-electron chi connectivity index (χ1n) is 6.63. The Bertz CT molecular complexity index is 356. The molecule has 1 heterocycles. The number of piperazine rings is 1. The second kappa shape index (κ2) is 7.34. The smallest absolute Gasteiger partial charge is 0.0452 e. The van der Waals surface area contributed by atoms with Crippen molar-refractivity contribution < 1.29 is 0 Å². The Labute approximate surface area is 119 Å². The number of benzene rings is 1. The molecule has 1 aliphatic heterocycles. The van der Waals surface area contributed by atoms with E-state index in [-0.39, 0.29) is 0 Å². The Morgan fingerprint density at radius 2 is 1.72 bits per heavy atom. The van der Waals surface area contributed by atoms with Gasteiger partial charge in [-0.2, -0.15) is 0 Å². The van der Waals surface area contributed by atoms with Crippen LogP contribution < -0.4 is 5.32 Å². The average molecular weight is 287 g/mol. The third-order valence-electron chi connectivity index (χ3n) is 3.42. The first kappa shape index (κ1) is 14.1. The summed E-state index contributed by atoms with van der Waals surface area (Å²) in [6, 6.07) is 5.73. The van der Waals surface area contributed by atoms with Crippen LogP contribution in [0.2, 0.25) is 10.0 Å². The minimum atomic E-state index is 0.796. The lowest BCUT2D eigenvalue weighted by atomic mass is 10.1. The zero-order valence-electron chi connectivity index (χ0n) is 10.6. The van der Waals surface area contributed by atoms with Gasteiger partial charge < -0.3 is 10.2 Å². The van der Waals surface area contributed by atoms with E-state index in [9.17, 15) is 0 Å². The summed E-state index contributed by atoms with van der Waals surface area (Å²) in [6.07, 6.45) is 3.33. The third kappa shape index (κ3) is 4.13. The van der Waals surface area contributed by atoms with E-state index in [2.05, 4.69) is 10.2 Å². The Balaban J connectivity index is 1.71. The van der Waals surface area contributed by atoms with Crippen LogP contribution in [0.3, 0.4) is 0 Å². The zero-order valence-corrected chi connectivity index (χ0v) is 12.1. The monoisotopic (exact) mass is 286 g/mol. The van der Waals surface area contributed by atoms with Gasteiger partial charge in [-0.15, -0.1) is 0 Å². The maximum atomic E-state index is 6.15. The standard InChI is InChI=1S/C14H20Cl2N2/c15-13-5-3-6-14(16)12(13)4-1-2-9-18-10-7-17-8-11-18/h3,5-6,17H,1-2,4,7-11H2. The summed E-state index contributed by atoms with van der Waals surface area (Å²) in [5.41, 5.74) is 1.10. The van der Waals surface area contributed by atoms with Crippen molar-refractivity contribution in [3.05, 3.63) is 33.8 Å². The average Bonchev–Trinajstić information content (AvgIpc) is 2.38. The molecule has 0 aromatic heterocycles. The Hall–Kier alpha value is -0.280. The molecule has 2 nitrogen and oxygen atoms in total. The van der Waals surface area contributed by atoms with E-state index in [1.54, 1.807) is 0 Å². The molecule has 1 aliphatic rings. The molecule has 0 saturated carbocycles. The lowest BCUT2D eigenvalue weighted by Gasteiger charge is -2.27. The third-order valence-corrected chi connectivity index (χ3v) is 4.13. The van der Waals surface area contributed by atoms with Crippen molar-refractivity contribution in [2.45, 2.75) is 19.3 Å². The lowest BCUT2D eigenvalue weighted by molar-refractivity contribution is 0.237. The summed E-state index contributed by atoms with van der Waals surface area (Å²) >= 11 is 12.3. The quantitative estimate of drug-likeness (QED) is 0.836. The molecule has 0 amide bonds. The van der Waals surface area contributed by atoms with Crippen molar-refractivity contribution in [1.29, 1.82) is 0 Å². The highest BCUT2D eigenvalue weighted by molar-refractivity contribution is 6.35. The highest BCUT2D eigenvalue weighted by Gasteiger charge is 2.09. The topological polar surface area (TPSA) is 15.3 Å². The zero-order chi connectivity index (χ0) is 12.8. The molecule has 0 spiro atoms. The molecular formula is C14H20Cl2N2. The molecule has 0 atom stereocenters. The van der Waals surface area contributed by atoms with E-state index >= 15 is 0 Å². The molecule has 0 bridgehead atoms. The first-order valence-corrected chi connectivity index (χ1v) is 7.39. The van der Waals surface area contributed by atoms with Crippen molar-refractivity contribution in [2.75, 3.05) is 32.7 Å². The molecule has 100 valence electrons. The number of unbranched alkanes of at least 4 members (excludes halogenated alkanes) is 1. The second-order valence-corrected chi connectivity index (χ2v) is 5.56. The highest BCUT2D eigenvalue weighted by atomic mass is 35.5. The SMILES string of the molecule is Clc1cccc(Cl)c1CCCCN1CCNCC1. The van der Waals surface area contributed by atoms with Gasteiger partial charge in [0.2, 0.25) is 0 Å². The van der Waals surface area contributed by atoms with Gasteiger partial charge in [-0.1, -0.05) is 29.3 Å². The lowest BCUT2D eigenvalue weighted by Crippen LogP contribution is -2.43. The van der Waals surface area contributed by atoms with Crippen LogP contribution in [0.1, 0.15) is 18.4 Å². The maximum Gasteiger partial charge on any atom is 0.0452 e. The molecular weight excluding hydrogens is 267 g/mol. The summed E-state index contributed by atoms with van der Waals surface area (Å²) in [5, 5.41) is 4.96. The number of halogens is 2. The molecule has 0 radical (unpaired) electrons. The largest absolute Gasteiger partial charge is 0.314 e. The first-order chi connectivity index (χ1) is 8.77. The Kier molecular flexibility index (Phi) is 5.77. The van der Waals surface area contributed by atoms with Crippen molar-refractivity contribution in [3.8, 4) is 0 Å². The number of nitrogens with zero attached hydrogens (tertiary/aromatic N) is 1. The van der Waals surface area contributed by atoms with E-state index in [1.165, 1.54) is 26.1 Å². The van der Waals surface area contributed by atoms with E-state index in [4.69, 9.17) is 23.2 Å². The van der Waals surface area contributed by atoms with Crippen LogP contribution in [0, 0.1) is 0 Å². The van der Waals surface area contributed by atoms with Gasteiger partial charge in [-0.3, -0.25) is 0 Å². The highest BCUT2D eigenvalue weighted by Crippen LogP contribution is 2.25. The predicted octanol–water partition coefficient (Wildman–Crippen LogP) is 3.22. The van der Waals surface area contributed by atoms with Crippen LogP contribution in [0.25, 0.3) is 0 Å². The molecule has 2 rings (SSSR count). The molecule has 1 N–H and O–H groups in total. The summed E-state index contributed by atoms with van der Waals surface area (Å²) < 4.78 is 0. The number of nitrogens with one attached hydrogen (secondary N) is 1. The minimum absolute atomic E-state index is 0.796. The van der Waals surface area contributed by atoms with E-state index < -0.39 is 0 Å². The molecule has 1 aromatic carbocycles. The van der Waals surface area contributed by atoms with Crippen LogP contribution in [0.4, 0.5) is 0 Å². The molecule has 1 saturated heterocycles. The molecule has 0 aliphatic carbocycles. The Morgan fingerprint density at radius 3 is 2.39 bits per heavy atom. The van der Waals surface area contributed by atoms with Gasteiger partial charge in [0, 0.05) is 36.2 Å². The van der Waals surface area contributed by atoms with Gasteiger partial charge in [-0.05, 0) is 43.5 Å². The van der Waals surface area contributed by atoms with Gasteiger partial charge in [0.1, 0.15) is 0 Å². The molecule has 4 heteroatoms. The Morgan fingerprint density at radius 1 is 1.06 bits per heavy atom. The summed E-state index contributed by atoms with van der Waals surface area (Å²) in [6.45, 7) is 5.77. The maximum absolute atomic E-state index is 6.15. The predicted molar refractivity (Wildman–Crippen MR) is 78.7 cm³/mol. The molecule has 1 fully saturated rings. The van der Waals surface area contributed by atoms with Crippen LogP contribution in [-0.2, 0) is 6.42 Å². The van der Waals surface area contributed by atoms with Gasteiger partial charge in [0.25, 0.3) is 0 Å². The van der Waals surface area contributed by atoms with Crippen LogP contribution in [-0.4, -0.2) is 37.6 Å². The number of hydrogen-bond donors (Lipinski definition) is 1. The molecule has 0 unspecified atom stereocenters. The summed E-state index contributed by atoms with van der Waals surface area (Å²) in [4.78, 5) is 2.52. The number of hydrogen-bond acceptors (Lipinski definition) is 2. The second-order valence-electron chi connectivity index (χ2n) is 4.75. The molecule has 18 heavy (non-hydrogen) atoms. The van der Waals surface area contributed by atoms with Gasteiger partial charge in [0.05, 0.1) is 0 Å². The van der Waals surface area contributed by atoms with Crippen molar-refractivity contribution >= 4 is 23.2 Å². The van der Waals surface area contributed by atoms with E-state index in [0.717, 1.165) is 41.5 Å². The van der Waals surface area contributed by atoms with Crippen LogP contribution in [0.5, 0.6) is 0 Å². The van der Waals surface area contributed by atoms with Gasteiger partial charge >= 0.3 is 0 Å². The van der Waals surface area contributed by atoms with Crippen LogP contribution in [0.15, 0.2) is 18.2 Å². The summed E-state index contributed by atoms with van der Waals surface area (Å²) in [7, 11) is 0. The normalized spacial score (nSPS) is 17.0. The fraction of sp³-hybridized carbons (Fsp3) is 0.571. The van der Waals surface area contributed by atoms with Crippen molar-refractivity contribution in [2.24, 2.45) is 0 Å². The van der Waals surface area contributed by atoms with Gasteiger partial charge in [0.15, 0.2) is 0 Å². The molecule has 1 aromatic rings. The van der Waals surface area contributed by atoms with Crippen molar-refractivity contribution in [3.63, 3.8) is 0 Å². The summed E-state index contributed by atoms with van der Waals surface area (Å²) in [5.74, 6) is 0. The fourth-order valence-electron chi connectivity index (χ4n) is 2.34.